The quantitative estimate of drug-likeness (QED) is 0.773. The Labute approximate surface area is 114 Å². The smallest absolute Gasteiger partial charge is 0.128 e. The molecule has 0 bridgehead atoms. The van der Waals surface area contributed by atoms with Gasteiger partial charge in [0.2, 0.25) is 0 Å². The van der Waals surface area contributed by atoms with Gasteiger partial charge in [0, 0.05) is 17.1 Å². The number of hydrogen-bond acceptors (Lipinski definition) is 2. The molecule has 20 heavy (non-hydrogen) atoms. The van der Waals surface area contributed by atoms with Crippen LogP contribution in [0.4, 0.5) is 8.78 Å². The largest absolute Gasteiger partial charge is 0.319 e. The number of fused-ring (bicyclic) bond motifs is 1. The summed E-state index contributed by atoms with van der Waals surface area (Å²) in [4.78, 5) is 4.24. The first-order chi connectivity index (χ1) is 9.66. The van der Waals surface area contributed by atoms with Crippen LogP contribution in [0.1, 0.15) is 17.3 Å². The van der Waals surface area contributed by atoms with E-state index in [0.717, 1.165) is 29.0 Å². The van der Waals surface area contributed by atoms with Crippen LogP contribution >= 0.6 is 0 Å². The van der Waals surface area contributed by atoms with Gasteiger partial charge in [-0.05, 0) is 29.7 Å². The van der Waals surface area contributed by atoms with E-state index in [-0.39, 0.29) is 5.56 Å². The molecule has 4 heteroatoms. The van der Waals surface area contributed by atoms with Gasteiger partial charge >= 0.3 is 0 Å². The molecule has 0 aliphatic carbocycles. The second-order valence-corrected chi connectivity index (χ2v) is 4.56. The Kier molecular flexibility index (Phi) is 3.16. The van der Waals surface area contributed by atoms with Gasteiger partial charge in [0.1, 0.15) is 11.6 Å². The second kappa shape index (κ2) is 4.98. The van der Waals surface area contributed by atoms with E-state index < -0.39 is 17.7 Å². The fourth-order valence-electron chi connectivity index (χ4n) is 2.29. The predicted octanol–water partition coefficient (Wildman–Crippen LogP) is 3.56. The maximum Gasteiger partial charge on any atom is 0.128 e. The Hall–Kier alpha value is -2.33. The first-order valence-corrected chi connectivity index (χ1v) is 6.21. The number of pyridine rings is 1. The molecule has 2 nitrogen and oxygen atoms in total. The summed E-state index contributed by atoms with van der Waals surface area (Å²) in [6.07, 6.45) is 1.62. The number of nitrogens with zero attached hydrogens (tertiary/aromatic N) is 1. The van der Waals surface area contributed by atoms with Crippen LogP contribution in [0.25, 0.3) is 10.8 Å². The minimum Gasteiger partial charge on any atom is -0.319 e. The molecule has 2 aromatic carbocycles. The van der Waals surface area contributed by atoms with Gasteiger partial charge in [-0.25, -0.2) is 8.78 Å². The summed E-state index contributed by atoms with van der Waals surface area (Å²) in [5.74, 6) is -1.05. The summed E-state index contributed by atoms with van der Waals surface area (Å²) in [5.41, 5.74) is 6.72. The zero-order valence-electron chi connectivity index (χ0n) is 10.6. The van der Waals surface area contributed by atoms with Gasteiger partial charge in [0.15, 0.2) is 0 Å². The van der Waals surface area contributed by atoms with Crippen LogP contribution in [0.3, 0.4) is 0 Å². The van der Waals surface area contributed by atoms with Gasteiger partial charge in [0.25, 0.3) is 0 Å². The van der Waals surface area contributed by atoms with Crippen molar-refractivity contribution in [1.29, 1.82) is 0 Å². The Morgan fingerprint density at radius 3 is 2.65 bits per heavy atom. The monoisotopic (exact) mass is 270 g/mol. The molecule has 0 aliphatic heterocycles. The van der Waals surface area contributed by atoms with E-state index in [4.69, 9.17) is 5.73 Å². The molecule has 0 fully saturated rings. The van der Waals surface area contributed by atoms with Crippen LogP contribution in [0, 0.1) is 11.6 Å². The zero-order chi connectivity index (χ0) is 14.1. The minimum absolute atomic E-state index is 0.105. The third kappa shape index (κ3) is 2.14. The molecule has 2 N–H and O–H groups in total. The van der Waals surface area contributed by atoms with Crippen LogP contribution < -0.4 is 5.73 Å². The lowest BCUT2D eigenvalue weighted by atomic mass is 9.99. The summed E-state index contributed by atoms with van der Waals surface area (Å²) >= 11 is 0. The zero-order valence-corrected chi connectivity index (χ0v) is 10.6. The summed E-state index contributed by atoms with van der Waals surface area (Å²) < 4.78 is 27.1. The normalized spacial score (nSPS) is 12.6. The van der Waals surface area contributed by atoms with Gasteiger partial charge in [-0.2, -0.15) is 0 Å². The summed E-state index contributed by atoms with van der Waals surface area (Å²) in [6.45, 7) is 0. The standard InChI is InChI=1S/C16H12F2N2/c17-11-5-6-14(18)13(9-11)15(19)16-12-4-2-1-3-10(12)7-8-20-16/h1-9,15H,19H2. The molecule has 0 amide bonds. The average molecular weight is 270 g/mol. The fourth-order valence-corrected chi connectivity index (χ4v) is 2.29. The number of nitrogens with two attached hydrogens (primary N) is 1. The van der Waals surface area contributed by atoms with Crippen molar-refractivity contribution < 1.29 is 8.78 Å². The maximum atomic E-state index is 13.8. The van der Waals surface area contributed by atoms with Crippen molar-refractivity contribution in [2.75, 3.05) is 0 Å². The van der Waals surface area contributed by atoms with Crippen molar-refractivity contribution in [2.24, 2.45) is 5.73 Å². The van der Waals surface area contributed by atoms with Crippen LogP contribution in [-0.2, 0) is 0 Å². The number of rotatable bonds is 2. The third-order valence-electron chi connectivity index (χ3n) is 3.29. The third-order valence-corrected chi connectivity index (χ3v) is 3.29. The molecule has 3 rings (SSSR count). The number of benzene rings is 2. The van der Waals surface area contributed by atoms with Crippen LogP contribution in [0.5, 0.6) is 0 Å². The fraction of sp³-hybridized carbons (Fsp3) is 0.0625. The molecule has 1 aromatic heterocycles. The molecular formula is C16H12F2N2. The van der Waals surface area contributed by atoms with E-state index in [2.05, 4.69) is 4.98 Å². The van der Waals surface area contributed by atoms with E-state index in [9.17, 15) is 8.78 Å². The highest BCUT2D eigenvalue weighted by molar-refractivity contribution is 5.85. The van der Waals surface area contributed by atoms with Crippen LogP contribution in [0.15, 0.2) is 54.7 Å². The van der Waals surface area contributed by atoms with Gasteiger partial charge in [-0.15, -0.1) is 0 Å². The van der Waals surface area contributed by atoms with Crippen molar-refractivity contribution in [3.63, 3.8) is 0 Å². The maximum absolute atomic E-state index is 13.8. The van der Waals surface area contributed by atoms with Crippen LogP contribution in [-0.4, -0.2) is 4.98 Å². The summed E-state index contributed by atoms with van der Waals surface area (Å²) in [6, 6.07) is 11.9. The molecule has 1 atom stereocenters. The van der Waals surface area contributed by atoms with E-state index in [0.29, 0.717) is 5.69 Å². The van der Waals surface area contributed by atoms with E-state index in [1.807, 2.05) is 30.3 Å². The highest BCUT2D eigenvalue weighted by atomic mass is 19.1. The molecule has 0 radical (unpaired) electrons. The SMILES string of the molecule is NC(c1cc(F)ccc1F)c1nccc2ccccc12. The summed E-state index contributed by atoms with van der Waals surface area (Å²) in [7, 11) is 0. The lowest BCUT2D eigenvalue weighted by Gasteiger charge is -2.15. The highest BCUT2D eigenvalue weighted by Crippen LogP contribution is 2.27. The van der Waals surface area contributed by atoms with Gasteiger partial charge in [0.05, 0.1) is 11.7 Å². The molecule has 0 spiro atoms. The van der Waals surface area contributed by atoms with Crippen LogP contribution in [0.2, 0.25) is 0 Å². The van der Waals surface area contributed by atoms with Gasteiger partial charge in [-0.1, -0.05) is 24.3 Å². The van der Waals surface area contributed by atoms with Crippen molar-refractivity contribution >= 4 is 10.8 Å². The molecule has 1 unspecified atom stereocenters. The molecule has 3 aromatic rings. The highest BCUT2D eigenvalue weighted by Gasteiger charge is 2.17. The Morgan fingerprint density at radius 2 is 1.80 bits per heavy atom. The minimum atomic E-state index is -0.809. The topological polar surface area (TPSA) is 38.9 Å². The Balaban J connectivity index is 2.17. The number of halogens is 2. The first-order valence-electron chi connectivity index (χ1n) is 6.21. The van der Waals surface area contributed by atoms with E-state index in [1.165, 1.54) is 0 Å². The number of aromatic nitrogens is 1. The summed E-state index contributed by atoms with van der Waals surface area (Å²) in [5, 5.41) is 1.80. The van der Waals surface area contributed by atoms with Crippen molar-refractivity contribution in [2.45, 2.75) is 6.04 Å². The van der Waals surface area contributed by atoms with Crippen molar-refractivity contribution in [3.05, 3.63) is 77.6 Å². The lowest BCUT2D eigenvalue weighted by molar-refractivity contribution is 0.575. The van der Waals surface area contributed by atoms with E-state index in [1.54, 1.807) is 6.20 Å². The Morgan fingerprint density at radius 1 is 1.00 bits per heavy atom. The first kappa shape index (κ1) is 12.7. The lowest BCUT2D eigenvalue weighted by Crippen LogP contribution is -2.16. The molecule has 0 aliphatic rings. The van der Waals surface area contributed by atoms with E-state index >= 15 is 0 Å². The molecular weight excluding hydrogens is 258 g/mol. The average Bonchev–Trinajstić information content (AvgIpc) is 2.48. The molecule has 0 saturated carbocycles. The van der Waals surface area contributed by atoms with Crippen molar-refractivity contribution in [1.82, 2.24) is 4.98 Å². The molecule has 0 saturated heterocycles. The molecule has 1 heterocycles. The number of hydrogen-bond donors (Lipinski definition) is 1. The Bertz CT molecular complexity index is 766. The van der Waals surface area contributed by atoms with Gasteiger partial charge in [-0.3, -0.25) is 4.98 Å². The van der Waals surface area contributed by atoms with Crippen molar-refractivity contribution in [3.8, 4) is 0 Å². The predicted molar refractivity (Wildman–Crippen MR) is 74.1 cm³/mol. The molecule has 100 valence electrons. The second-order valence-electron chi connectivity index (χ2n) is 4.56. The van der Waals surface area contributed by atoms with Gasteiger partial charge < -0.3 is 5.73 Å².